The molecule has 1 aromatic carbocycles. The summed E-state index contributed by atoms with van der Waals surface area (Å²) in [5.41, 5.74) is 3.36. The van der Waals surface area contributed by atoms with Gasteiger partial charge in [0.2, 0.25) is 5.82 Å². The average molecular weight is 292 g/mol. The SMILES string of the molecule is CC(C)(NC(=O)c1cc(F)c(F)c(O)c1F)C(N)=S. The lowest BCUT2D eigenvalue weighted by Gasteiger charge is -2.24. The number of hydrogen-bond donors (Lipinski definition) is 3. The van der Waals surface area contributed by atoms with Gasteiger partial charge in [-0.25, -0.2) is 8.78 Å². The zero-order chi connectivity index (χ0) is 15.0. The second kappa shape index (κ2) is 5.04. The van der Waals surface area contributed by atoms with E-state index in [9.17, 15) is 18.0 Å². The van der Waals surface area contributed by atoms with Crippen LogP contribution in [0.1, 0.15) is 24.2 Å². The number of rotatable bonds is 3. The van der Waals surface area contributed by atoms with Crippen molar-refractivity contribution in [2.75, 3.05) is 0 Å². The molecule has 0 saturated carbocycles. The van der Waals surface area contributed by atoms with Gasteiger partial charge < -0.3 is 16.2 Å². The Morgan fingerprint density at radius 2 is 1.89 bits per heavy atom. The lowest BCUT2D eigenvalue weighted by atomic mass is 10.0. The second-order valence-corrected chi connectivity index (χ2v) is 4.77. The van der Waals surface area contributed by atoms with Gasteiger partial charge in [0.05, 0.1) is 16.1 Å². The Hall–Kier alpha value is -1.83. The summed E-state index contributed by atoms with van der Waals surface area (Å²) < 4.78 is 39.4. The van der Waals surface area contributed by atoms with Crippen LogP contribution in [0.3, 0.4) is 0 Å². The first-order chi connectivity index (χ1) is 8.58. The fraction of sp³-hybridized carbons (Fsp3) is 0.273. The lowest BCUT2D eigenvalue weighted by Crippen LogP contribution is -2.52. The molecule has 0 radical (unpaired) electrons. The summed E-state index contributed by atoms with van der Waals surface area (Å²) in [7, 11) is 0. The van der Waals surface area contributed by atoms with Gasteiger partial charge >= 0.3 is 0 Å². The molecule has 8 heteroatoms. The number of thiocarbonyl (C=S) groups is 1. The third kappa shape index (κ3) is 2.95. The van der Waals surface area contributed by atoms with Crippen LogP contribution in [0.15, 0.2) is 6.07 Å². The molecule has 1 rings (SSSR count). The molecular weight excluding hydrogens is 281 g/mol. The molecular formula is C11H11F3N2O2S. The van der Waals surface area contributed by atoms with E-state index in [1.54, 1.807) is 0 Å². The van der Waals surface area contributed by atoms with Crippen LogP contribution in [0.25, 0.3) is 0 Å². The normalized spacial score (nSPS) is 11.2. The van der Waals surface area contributed by atoms with Gasteiger partial charge in [-0.15, -0.1) is 0 Å². The molecule has 0 aliphatic rings. The molecule has 4 nitrogen and oxygen atoms in total. The van der Waals surface area contributed by atoms with Crippen molar-refractivity contribution in [1.29, 1.82) is 0 Å². The van der Waals surface area contributed by atoms with E-state index in [4.69, 9.17) is 23.1 Å². The van der Waals surface area contributed by atoms with E-state index in [1.165, 1.54) is 13.8 Å². The highest BCUT2D eigenvalue weighted by Gasteiger charge is 2.28. The van der Waals surface area contributed by atoms with Gasteiger partial charge in [0.1, 0.15) is 0 Å². The predicted molar refractivity (Wildman–Crippen MR) is 66.3 cm³/mol. The highest BCUT2D eigenvalue weighted by Crippen LogP contribution is 2.26. The second-order valence-electron chi connectivity index (χ2n) is 4.33. The molecule has 0 saturated heterocycles. The number of nitrogens with two attached hydrogens (primary N) is 1. The summed E-state index contributed by atoms with van der Waals surface area (Å²) in [6.45, 7) is 2.90. The Labute approximate surface area is 112 Å². The van der Waals surface area contributed by atoms with Crippen LogP contribution in [0.5, 0.6) is 5.75 Å². The summed E-state index contributed by atoms with van der Waals surface area (Å²) in [4.78, 5) is 11.7. The van der Waals surface area contributed by atoms with Gasteiger partial charge in [0.15, 0.2) is 17.4 Å². The minimum atomic E-state index is -1.76. The molecule has 0 aliphatic heterocycles. The maximum Gasteiger partial charge on any atom is 0.255 e. The predicted octanol–water partition coefficient (Wildman–Crippen LogP) is 1.60. The molecule has 19 heavy (non-hydrogen) atoms. The molecule has 1 aromatic rings. The molecule has 0 bridgehead atoms. The summed E-state index contributed by atoms with van der Waals surface area (Å²) >= 11 is 4.69. The highest BCUT2D eigenvalue weighted by molar-refractivity contribution is 7.80. The first-order valence-corrected chi connectivity index (χ1v) is 5.47. The van der Waals surface area contributed by atoms with Crippen LogP contribution in [-0.2, 0) is 0 Å². The Bertz CT molecular complexity index is 561. The van der Waals surface area contributed by atoms with Gasteiger partial charge in [-0.2, -0.15) is 4.39 Å². The van der Waals surface area contributed by atoms with Crippen molar-refractivity contribution in [3.05, 3.63) is 29.1 Å². The minimum Gasteiger partial charge on any atom is -0.503 e. The number of nitrogens with one attached hydrogen (secondary N) is 1. The first kappa shape index (κ1) is 15.2. The number of phenolic OH excluding ortho intramolecular Hbond substituents is 1. The fourth-order valence-electron chi connectivity index (χ4n) is 1.17. The number of halogens is 3. The molecule has 0 unspecified atom stereocenters. The van der Waals surface area contributed by atoms with Crippen molar-refractivity contribution in [1.82, 2.24) is 5.32 Å². The molecule has 0 aromatic heterocycles. The number of aromatic hydroxyl groups is 1. The van der Waals surface area contributed by atoms with Crippen LogP contribution >= 0.6 is 12.2 Å². The molecule has 0 heterocycles. The van der Waals surface area contributed by atoms with Crippen molar-refractivity contribution < 1.29 is 23.1 Å². The number of carbonyl (C=O) groups excluding carboxylic acids is 1. The number of hydrogen-bond acceptors (Lipinski definition) is 3. The summed E-state index contributed by atoms with van der Waals surface area (Å²) in [6, 6.07) is 0.343. The largest absolute Gasteiger partial charge is 0.503 e. The van der Waals surface area contributed by atoms with Crippen molar-refractivity contribution >= 4 is 23.1 Å². The Morgan fingerprint density at radius 1 is 1.37 bits per heavy atom. The van der Waals surface area contributed by atoms with Gasteiger partial charge in [-0.3, -0.25) is 4.79 Å². The van der Waals surface area contributed by atoms with E-state index in [-0.39, 0.29) is 4.99 Å². The number of amides is 1. The third-order valence-electron chi connectivity index (χ3n) is 2.42. The zero-order valence-electron chi connectivity index (χ0n) is 10.1. The molecule has 0 aliphatic carbocycles. The average Bonchev–Trinajstić information content (AvgIpc) is 2.30. The molecule has 4 N–H and O–H groups in total. The Kier molecular flexibility index (Phi) is 4.04. The number of carbonyl (C=O) groups is 1. The monoisotopic (exact) mass is 292 g/mol. The van der Waals surface area contributed by atoms with E-state index in [2.05, 4.69) is 5.32 Å². The van der Waals surface area contributed by atoms with Crippen molar-refractivity contribution in [3.63, 3.8) is 0 Å². The fourth-order valence-corrected chi connectivity index (χ4v) is 1.22. The van der Waals surface area contributed by atoms with Crippen molar-refractivity contribution in [3.8, 4) is 5.75 Å². The molecule has 0 spiro atoms. The summed E-state index contributed by atoms with van der Waals surface area (Å²) in [5, 5.41) is 11.2. The smallest absolute Gasteiger partial charge is 0.255 e. The van der Waals surface area contributed by atoms with E-state index in [0.29, 0.717) is 6.07 Å². The number of phenols is 1. The maximum absolute atomic E-state index is 13.5. The van der Waals surface area contributed by atoms with Crippen LogP contribution in [0.2, 0.25) is 0 Å². The molecule has 104 valence electrons. The molecule has 0 atom stereocenters. The highest BCUT2D eigenvalue weighted by atomic mass is 32.1. The van der Waals surface area contributed by atoms with Crippen LogP contribution in [-0.4, -0.2) is 21.5 Å². The topological polar surface area (TPSA) is 75.3 Å². The standard InChI is InChI=1S/C11H11F3N2O2S/c1-11(2,10(15)19)16-9(18)4-3-5(12)7(14)8(17)6(4)13/h3,17H,1-2H3,(H2,15,19)(H,16,18). The van der Waals surface area contributed by atoms with Crippen molar-refractivity contribution in [2.45, 2.75) is 19.4 Å². The van der Waals surface area contributed by atoms with Gasteiger partial charge in [-0.05, 0) is 19.9 Å². The Balaban J connectivity index is 3.19. The number of benzene rings is 1. The van der Waals surface area contributed by atoms with E-state index >= 15 is 0 Å². The van der Waals surface area contributed by atoms with Gasteiger partial charge in [0, 0.05) is 0 Å². The van der Waals surface area contributed by atoms with Gasteiger partial charge in [-0.1, -0.05) is 12.2 Å². The minimum absolute atomic E-state index is 0.0759. The van der Waals surface area contributed by atoms with E-state index < -0.39 is 40.2 Å². The third-order valence-corrected chi connectivity index (χ3v) is 2.93. The maximum atomic E-state index is 13.5. The lowest BCUT2D eigenvalue weighted by molar-refractivity contribution is 0.0926. The molecule has 1 amide bonds. The van der Waals surface area contributed by atoms with E-state index in [1.807, 2.05) is 0 Å². The van der Waals surface area contributed by atoms with Crippen LogP contribution in [0.4, 0.5) is 13.2 Å². The first-order valence-electron chi connectivity index (χ1n) is 5.06. The van der Waals surface area contributed by atoms with Gasteiger partial charge in [0.25, 0.3) is 5.91 Å². The molecule has 0 fully saturated rings. The van der Waals surface area contributed by atoms with Crippen LogP contribution in [0, 0.1) is 17.5 Å². The van der Waals surface area contributed by atoms with Crippen molar-refractivity contribution in [2.24, 2.45) is 5.73 Å². The quantitative estimate of drug-likeness (QED) is 0.584. The van der Waals surface area contributed by atoms with Crippen LogP contribution < -0.4 is 11.1 Å². The summed E-state index contributed by atoms with van der Waals surface area (Å²) in [6.07, 6.45) is 0. The summed E-state index contributed by atoms with van der Waals surface area (Å²) in [5.74, 6) is -7.50. The Morgan fingerprint density at radius 3 is 2.37 bits per heavy atom. The van der Waals surface area contributed by atoms with E-state index in [0.717, 1.165) is 0 Å². The zero-order valence-corrected chi connectivity index (χ0v) is 10.9.